The first kappa shape index (κ1) is 23.1. The van der Waals surface area contributed by atoms with Gasteiger partial charge in [0.05, 0.1) is 24.5 Å². The van der Waals surface area contributed by atoms with Gasteiger partial charge in [-0.1, -0.05) is 30.3 Å². The van der Waals surface area contributed by atoms with Gasteiger partial charge < -0.3 is 5.32 Å². The molecule has 0 aliphatic carbocycles. The van der Waals surface area contributed by atoms with Crippen molar-refractivity contribution in [1.82, 2.24) is 24.1 Å². The average molecular weight is 477 g/mol. The highest BCUT2D eigenvalue weighted by atomic mass is 32.1. The number of benzene rings is 2. The Morgan fingerprint density at radius 3 is 2.30 bits per heavy atom. The van der Waals surface area contributed by atoms with Gasteiger partial charge >= 0.3 is 6.18 Å². The minimum Gasteiger partial charge on any atom is -0.324 e. The summed E-state index contributed by atoms with van der Waals surface area (Å²) in [5.74, 6) is -0.469. The number of para-hydroxylation sites is 2. The summed E-state index contributed by atoms with van der Waals surface area (Å²) >= 11 is 5.55. The first-order chi connectivity index (χ1) is 15.8. The zero-order chi connectivity index (χ0) is 23.4. The Bertz CT molecular complexity index is 1150. The van der Waals surface area contributed by atoms with E-state index >= 15 is 0 Å². The van der Waals surface area contributed by atoms with Crippen molar-refractivity contribution in [1.29, 1.82) is 0 Å². The molecule has 33 heavy (non-hydrogen) atoms. The highest BCUT2D eigenvalue weighted by Gasteiger charge is 2.33. The number of amides is 1. The Morgan fingerprint density at radius 2 is 1.61 bits per heavy atom. The van der Waals surface area contributed by atoms with Crippen molar-refractivity contribution in [3.63, 3.8) is 0 Å². The molecule has 11 heteroatoms. The third kappa shape index (κ3) is 5.67. The topological polar surface area (TPSA) is 58.3 Å². The molecule has 1 aromatic heterocycles. The summed E-state index contributed by atoms with van der Waals surface area (Å²) in [6.45, 7) is 3.15. The third-order valence-corrected chi connectivity index (χ3v) is 5.85. The van der Waals surface area contributed by atoms with Crippen LogP contribution in [0.25, 0.3) is 5.69 Å². The Morgan fingerprint density at radius 1 is 0.970 bits per heavy atom. The Hall–Kier alpha value is -3.02. The van der Waals surface area contributed by atoms with Gasteiger partial charge in [0.1, 0.15) is 6.33 Å². The predicted molar refractivity (Wildman–Crippen MR) is 120 cm³/mol. The van der Waals surface area contributed by atoms with Crippen molar-refractivity contribution in [2.75, 3.05) is 38.0 Å². The summed E-state index contributed by atoms with van der Waals surface area (Å²) in [7, 11) is 0. The molecule has 2 aromatic carbocycles. The van der Waals surface area contributed by atoms with Crippen LogP contribution in [0.2, 0.25) is 0 Å². The number of hydrogen-bond donors (Lipinski definition) is 1. The van der Waals surface area contributed by atoms with E-state index in [4.69, 9.17) is 12.2 Å². The van der Waals surface area contributed by atoms with Crippen LogP contribution in [0.5, 0.6) is 0 Å². The van der Waals surface area contributed by atoms with Gasteiger partial charge in [0.15, 0.2) is 0 Å². The highest BCUT2D eigenvalue weighted by Crippen LogP contribution is 2.34. The average Bonchev–Trinajstić information content (AvgIpc) is 3.15. The van der Waals surface area contributed by atoms with Crippen LogP contribution in [0, 0.1) is 4.77 Å². The van der Waals surface area contributed by atoms with Crippen molar-refractivity contribution in [2.45, 2.75) is 12.8 Å². The minimum absolute atomic E-state index is 0.0299. The SMILES string of the molecule is O=C(CN1CCN(Cn2ncn(-c3ccccc3)c2=S)CC1)Nc1ccccc1C(F)(F)F. The van der Waals surface area contributed by atoms with E-state index in [1.165, 1.54) is 18.2 Å². The fraction of sp³-hybridized carbons (Fsp3) is 0.318. The molecule has 3 aromatic rings. The smallest absolute Gasteiger partial charge is 0.324 e. The standard InChI is InChI=1S/C22H23F3N6OS/c23-22(24,25)18-8-4-5-9-19(18)27-20(32)14-28-10-12-29(13-11-28)16-31-21(33)30(15-26-31)17-6-2-1-3-7-17/h1-9,15H,10-14,16H2,(H,27,32). The van der Waals surface area contributed by atoms with Gasteiger partial charge in [0.25, 0.3) is 0 Å². The number of carbonyl (C=O) groups excluding carboxylic acids is 1. The van der Waals surface area contributed by atoms with Crippen molar-refractivity contribution in [3.05, 3.63) is 71.3 Å². The highest BCUT2D eigenvalue weighted by molar-refractivity contribution is 7.71. The molecule has 1 aliphatic heterocycles. The molecule has 0 atom stereocenters. The lowest BCUT2D eigenvalue weighted by atomic mass is 10.1. The Labute approximate surface area is 194 Å². The first-order valence-corrected chi connectivity index (χ1v) is 10.8. The molecule has 4 rings (SSSR count). The number of nitrogens with one attached hydrogen (secondary N) is 1. The van der Waals surface area contributed by atoms with Crippen LogP contribution in [0.4, 0.5) is 18.9 Å². The number of hydrogen-bond acceptors (Lipinski definition) is 5. The van der Waals surface area contributed by atoms with Gasteiger partial charge in [-0.3, -0.25) is 19.2 Å². The lowest BCUT2D eigenvalue weighted by molar-refractivity contribution is -0.137. The van der Waals surface area contributed by atoms with E-state index < -0.39 is 17.6 Å². The van der Waals surface area contributed by atoms with Crippen LogP contribution in [-0.4, -0.2) is 62.8 Å². The third-order valence-electron chi connectivity index (χ3n) is 5.44. The maximum atomic E-state index is 13.1. The van der Waals surface area contributed by atoms with Crippen molar-refractivity contribution in [2.24, 2.45) is 0 Å². The van der Waals surface area contributed by atoms with E-state index in [0.29, 0.717) is 37.6 Å². The fourth-order valence-corrected chi connectivity index (χ4v) is 3.97. The van der Waals surface area contributed by atoms with Gasteiger partial charge in [0.2, 0.25) is 10.7 Å². The molecular formula is C22H23F3N6OS. The maximum absolute atomic E-state index is 13.1. The van der Waals surface area contributed by atoms with E-state index in [2.05, 4.69) is 15.3 Å². The summed E-state index contributed by atoms with van der Waals surface area (Å²) in [5.41, 5.74) is -0.136. The van der Waals surface area contributed by atoms with Gasteiger partial charge in [-0.05, 0) is 36.5 Å². The molecule has 1 N–H and O–H groups in total. The van der Waals surface area contributed by atoms with Gasteiger partial charge in [-0.15, -0.1) is 0 Å². The van der Waals surface area contributed by atoms with Crippen LogP contribution >= 0.6 is 12.2 Å². The van der Waals surface area contributed by atoms with Crippen LogP contribution in [0.1, 0.15) is 5.56 Å². The molecule has 174 valence electrons. The second-order valence-corrected chi connectivity index (χ2v) is 8.11. The summed E-state index contributed by atoms with van der Waals surface area (Å²) in [4.78, 5) is 16.4. The Kier molecular flexibility index (Phi) is 6.91. The van der Waals surface area contributed by atoms with Crippen LogP contribution in [-0.2, 0) is 17.6 Å². The zero-order valence-corrected chi connectivity index (χ0v) is 18.5. The lowest BCUT2D eigenvalue weighted by Gasteiger charge is -2.34. The number of piperazine rings is 1. The molecule has 0 saturated carbocycles. The van der Waals surface area contributed by atoms with E-state index in [-0.39, 0.29) is 12.2 Å². The maximum Gasteiger partial charge on any atom is 0.418 e. The molecule has 0 spiro atoms. The molecule has 0 bridgehead atoms. The number of nitrogens with zero attached hydrogens (tertiary/aromatic N) is 5. The number of rotatable bonds is 6. The van der Waals surface area contributed by atoms with Crippen molar-refractivity contribution < 1.29 is 18.0 Å². The molecule has 1 fully saturated rings. The summed E-state index contributed by atoms with van der Waals surface area (Å²) in [5, 5.41) is 6.79. The summed E-state index contributed by atoms with van der Waals surface area (Å²) < 4.78 is 43.5. The van der Waals surface area contributed by atoms with Crippen LogP contribution in [0.15, 0.2) is 60.9 Å². The quantitative estimate of drug-likeness (QED) is 0.551. The molecule has 2 heterocycles. The zero-order valence-electron chi connectivity index (χ0n) is 17.7. The fourth-order valence-electron chi connectivity index (χ4n) is 3.71. The largest absolute Gasteiger partial charge is 0.418 e. The Balaban J connectivity index is 1.29. The van der Waals surface area contributed by atoms with E-state index in [9.17, 15) is 18.0 Å². The minimum atomic E-state index is -4.52. The number of alkyl halides is 3. The molecule has 1 amide bonds. The number of aromatic nitrogens is 3. The first-order valence-electron chi connectivity index (χ1n) is 10.4. The molecule has 1 saturated heterocycles. The van der Waals surface area contributed by atoms with E-state index in [1.54, 1.807) is 11.0 Å². The number of halogens is 3. The normalized spacial score (nSPS) is 15.5. The monoisotopic (exact) mass is 476 g/mol. The van der Waals surface area contributed by atoms with Crippen LogP contribution in [0.3, 0.4) is 0 Å². The number of anilines is 1. The van der Waals surface area contributed by atoms with E-state index in [0.717, 1.165) is 11.8 Å². The lowest BCUT2D eigenvalue weighted by Crippen LogP contribution is -2.49. The second-order valence-electron chi connectivity index (χ2n) is 7.75. The van der Waals surface area contributed by atoms with E-state index in [1.807, 2.05) is 39.8 Å². The molecule has 0 radical (unpaired) electrons. The molecular weight excluding hydrogens is 453 g/mol. The van der Waals surface area contributed by atoms with Crippen LogP contribution < -0.4 is 5.32 Å². The van der Waals surface area contributed by atoms with Crippen molar-refractivity contribution >= 4 is 23.8 Å². The summed E-state index contributed by atoms with van der Waals surface area (Å²) in [6, 6.07) is 14.7. The number of carbonyl (C=O) groups is 1. The van der Waals surface area contributed by atoms with Gasteiger partial charge in [0, 0.05) is 31.9 Å². The second kappa shape index (κ2) is 9.86. The molecule has 0 unspecified atom stereocenters. The van der Waals surface area contributed by atoms with Crippen molar-refractivity contribution in [3.8, 4) is 5.69 Å². The predicted octanol–water partition coefficient (Wildman–Crippen LogP) is 3.64. The molecule has 7 nitrogen and oxygen atoms in total. The summed E-state index contributed by atoms with van der Waals surface area (Å²) in [6.07, 6.45) is -2.83. The van der Waals surface area contributed by atoms with Gasteiger partial charge in [-0.25, -0.2) is 4.68 Å². The van der Waals surface area contributed by atoms with Gasteiger partial charge in [-0.2, -0.15) is 18.3 Å². The molecule has 1 aliphatic rings.